The van der Waals surface area contributed by atoms with Crippen molar-refractivity contribution in [3.05, 3.63) is 17.5 Å². The van der Waals surface area contributed by atoms with Gasteiger partial charge in [0.15, 0.2) is 0 Å². The maximum atomic E-state index is 12.6. The zero-order valence-electron chi connectivity index (χ0n) is 15.8. The van der Waals surface area contributed by atoms with E-state index in [0.717, 1.165) is 18.2 Å². The summed E-state index contributed by atoms with van der Waals surface area (Å²) >= 11 is 0. The molecule has 3 aliphatic rings. The third kappa shape index (κ3) is 4.29. The number of hydrogen-bond acceptors (Lipinski definition) is 4. The van der Waals surface area contributed by atoms with Crippen molar-refractivity contribution in [2.24, 2.45) is 5.92 Å². The number of piperidine rings is 1. The van der Waals surface area contributed by atoms with E-state index in [4.69, 9.17) is 4.74 Å². The summed E-state index contributed by atoms with van der Waals surface area (Å²) in [6.45, 7) is 6.16. The average molecular weight is 361 g/mol. The van der Waals surface area contributed by atoms with Gasteiger partial charge in [0, 0.05) is 37.8 Å². The van der Waals surface area contributed by atoms with Crippen LogP contribution in [0.25, 0.3) is 0 Å². The highest BCUT2D eigenvalue weighted by Gasteiger charge is 2.27. The number of H-pyrrole nitrogens is 1. The molecule has 1 saturated carbocycles. The van der Waals surface area contributed by atoms with E-state index in [2.05, 4.69) is 15.1 Å². The molecular weight excluding hydrogens is 328 g/mol. The molecule has 3 fully saturated rings. The van der Waals surface area contributed by atoms with E-state index in [1.807, 2.05) is 11.0 Å². The lowest BCUT2D eigenvalue weighted by Crippen LogP contribution is -2.40. The fourth-order valence-electron chi connectivity index (χ4n) is 4.79. The topological polar surface area (TPSA) is 61.5 Å². The van der Waals surface area contributed by atoms with Crippen molar-refractivity contribution in [3.8, 4) is 0 Å². The number of ether oxygens (including phenoxy) is 1. The van der Waals surface area contributed by atoms with Gasteiger partial charge in [-0.2, -0.15) is 5.10 Å². The number of nitrogens with zero attached hydrogens (tertiary/aromatic N) is 3. The third-order valence-corrected chi connectivity index (χ3v) is 6.30. The predicted octanol–water partition coefficient (Wildman–Crippen LogP) is 2.64. The first-order valence-corrected chi connectivity index (χ1v) is 10.4. The molecule has 26 heavy (non-hydrogen) atoms. The SMILES string of the molecule is O=C(c1cc(C2CCCN(CC3CCCCC3)C2)[nH]n1)N1CCOCC1. The van der Waals surface area contributed by atoms with Crippen molar-refractivity contribution in [2.45, 2.75) is 50.9 Å². The molecule has 1 atom stereocenters. The molecule has 1 aromatic rings. The van der Waals surface area contributed by atoms with Gasteiger partial charge in [-0.05, 0) is 44.2 Å². The molecule has 144 valence electrons. The molecule has 1 unspecified atom stereocenters. The standard InChI is InChI=1S/C20H32N4O2/c25-20(24-9-11-26-12-10-24)19-13-18(21-22-19)17-7-4-8-23(15-17)14-16-5-2-1-3-6-16/h13,16-17H,1-12,14-15H2,(H,21,22). The number of carbonyl (C=O) groups is 1. The van der Waals surface area contributed by atoms with E-state index in [-0.39, 0.29) is 5.91 Å². The molecule has 0 bridgehead atoms. The number of amides is 1. The molecule has 0 radical (unpaired) electrons. The molecule has 2 aliphatic heterocycles. The average Bonchev–Trinajstić information content (AvgIpc) is 3.19. The van der Waals surface area contributed by atoms with Crippen molar-refractivity contribution in [3.63, 3.8) is 0 Å². The number of aromatic nitrogens is 2. The van der Waals surface area contributed by atoms with Gasteiger partial charge in [0.25, 0.3) is 5.91 Å². The molecule has 6 nitrogen and oxygen atoms in total. The van der Waals surface area contributed by atoms with Gasteiger partial charge in [-0.15, -0.1) is 0 Å². The number of likely N-dealkylation sites (tertiary alicyclic amines) is 1. The Bertz CT molecular complexity index is 590. The van der Waals surface area contributed by atoms with Gasteiger partial charge in [-0.25, -0.2) is 0 Å². The lowest BCUT2D eigenvalue weighted by Gasteiger charge is -2.35. The highest BCUT2D eigenvalue weighted by atomic mass is 16.5. The summed E-state index contributed by atoms with van der Waals surface area (Å²) in [5, 5.41) is 7.50. The maximum absolute atomic E-state index is 12.6. The Morgan fingerprint density at radius 2 is 1.92 bits per heavy atom. The van der Waals surface area contributed by atoms with Gasteiger partial charge in [0.05, 0.1) is 13.2 Å². The highest BCUT2D eigenvalue weighted by molar-refractivity contribution is 5.92. The molecule has 2 saturated heterocycles. The number of nitrogens with one attached hydrogen (secondary N) is 1. The monoisotopic (exact) mass is 360 g/mol. The van der Waals surface area contributed by atoms with Crippen LogP contribution < -0.4 is 0 Å². The highest BCUT2D eigenvalue weighted by Crippen LogP contribution is 2.29. The normalized spacial score (nSPS) is 26.2. The molecule has 1 N–H and O–H groups in total. The summed E-state index contributed by atoms with van der Waals surface area (Å²) < 4.78 is 5.33. The fraction of sp³-hybridized carbons (Fsp3) is 0.800. The molecule has 1 aromatic heterocycles. The Morgan fingerprint density at radius 1 is 1.12 bits per heavy atom. The lowest BCUT2D eigenvalue weighted by molar-refractivity contribution is 0.0299. The summed E-state index contributed by atoms with van der Waals surface area (Å²) in [6, 6.07) is 1.99. The van der Waals surface area contributed by atoms with E-state index >= 15 is 0 Å². The van der Waals surface area contributed by atoms with E-state index in [1.54, 1.807) is 0 Å². The largest absolute Gasteiger partial charge is 0.378 e. The van der Waals surface area contributed by atoms with Crippen LogP contribution in [0.2, 0.25) is 0 Å². The molecule has 0 aromatic carbocycles. The van der Waals surface area contributed by atoms with Crippen LogP contribution in [0.15, 0.2) is 6.07 Å². The minimum Gasteiger partial charge on any atom is -0.378 e. The second-order valence-electron chi connectivity index (χ2n) is 8.22. The summed E-state index contributed by atoms with van der Waals surface area (Å²) in [4.78, 5) is 17.1. The summed E-state index contributed by atoms with van der Waals surface area (Å²) in [5.41, 5.74) is 1.70. The van der Waals surface area contributed by atoms with Crippen LogP contribution in [-0.4, -0.2) is 71.8 Å². The van der Waals surface area contributed by atoms with E-state index < -0.39 is 0 Å². The number of carbonyl (C=O) groups excluding carboxylic acids is 1. The molecule has 3 heterocycles. The molecule has 1 aliphatic carbocycles. The van der Waals surface area contributed by atoms with Gasteiger partial charge in [-0.3, -0.25) is 9.89 Å². The summed E-state index contributed by atoms with van der Waals surface area (Å²) in [7, 11) is 0. The second kappa shape index (κ2) is 8.53. The van der Waals surface area contributed by atoms with E-state index in [0.29, 0.717) is 37.9 Å². The van der Waals surface area contributed by atoms with Crippen LogP contribution in [0.3, 0.4) is 0 Å². The number of rotatable bonds is 4. The second-order valence-corrected chi connectivity index (χ2v) is 8.22. The minimum absolute atomic E-state index is 0.0330. The fourth-order valence-corrected chi connectivity index (χ4v) is 4.79. The van der Waals surface area contributed by atoms with Crippen LogP contribution in [0.1, 0.15) is 67.0 Å². The molecule has 6 heteroatoms. The Kier molecular flexibility index (Phi) is 5.90. The zero-order valence-corrected chi connectivity index (χ0v) is 15.8. The Labute approximate surface area is 156 Å². The number of hydrogen-bond donors (Lipinski definition) is 1. The first-order chi connectivity index (χ1) is 12.8. The van der Waals surface area contributed by atoms with E-state index in [1.165, 1.54) is 58.0 Å². The van der Waals surface area contributed by atoms with Gasteiger partial charge in [0.1, 0.15) is 5.69 Å². The Balaban J connectivity index is 1.34. The molecular formula is C20H32N4O2. The van der Waals surface area contributed by atoms with E-state index in [9.17, 15) is 4.79 Å². The minimum atomic E-state index is 0.0330. The third-order valence-electron chi connectivity index (χ3n) is 6.30. The van der Waals surface area contributed by atoms with Crippen molar-refractivity contribution >= 4 is 5.91 Å². The lowest BCUT2D eigenvalue weighted by atomic mass is 9.87. The predicted molar refractivity (Wildman–Crippen MR) is 100 cm³/mol. The number of aromatic amines is 1. The first-order valence-electron chi connectivity index (χ1n) is 10.4. The van der Waals surface area contributed by atoms with Crippen LogP contribution >= 0.6 is 0 Å². The van der Waals surface area contributed by atoms with Gasteiger partial charge >= 0.3 is 0 Å². The van der Waals surface area contributed by atoms with Crippen LogP contribution in [0.4, 0.5) is 0 Å². The van der Waals surface area contributed by atoms with Crippen LogP contribution in [0, 0.1) is 5.92 Å². The van der Waals surface area contributed by atoms with Crippen molar-refractivity contribution in [1.29, 1.82) is 0 Å². The quantitative estimate of drug-likeness (QED) is 0.897. The van der Waals surface area contributed by atoms with Gasteiger partial charge in [0.2, 0.25) is 0 Å². The van der Waals surface area contributed by atoms with Crippen molar-refractivity contribution in [1.82, 2.24) is 20.0 Å². The molecule has 4 rings (SSSR count). The van der Waals surface area contributed by atoms with Crippen molar-refractivity contribution < 1.29 is 9.53 Å². The maximum Gasteiger partial charge on any atom is 0.274 e. The van der Waals surface area contributed by atoms with Crippen LogP contribution in [-0.2, 0) is 4.74 Å². The smallest absolute Gasteiger partial charge is 0.274 e. The first kappa shape index (κ1) is 18.0. The Morgan fingerprint density at radius 3 is 2.73 bits per heavy atom. The summed E-state index contributed by atoms with van der Waals surface area (Å²) in [5.74, 6) is 1.40. The number of morpholine rings is 1. The Hall–Kier alpha value is -1.40. The van der Waals surface area contributed by atoms with Gasteiger partial charge < -0.3 is 14.5 Å². The molecule has 0 spiro atoms. The summed E-state index contributed by atoms with van der Waals surface area (Å²) in [6.07, 6.45) is 9.49. The molecule has 1 amide bonds. The zero-order chi connectivity index (χ0) is 17.8. The van der Waals surface area contributed by atoms with Gasteiger partial charge in [-0.1, -0.05) is 19.3 Å². The van der Waals surface area contributed by atoms with Crippen molar-refractivity contribution in [2.75, 3.05) is 45.9 Å². The van der Waals surface area contributed by atoms with Crippen LogP contribution in [0.5, 0.6) is 0 Å².